The summed E-state index contributed by atoms with van der Waals surface area (Å²) >= 11 is 0. The Balaban J connectivity index is 2.60. The summed E-state index contributed by atoms with van der Waals surface area (Å²) in [5.41, 5.74) is 3.31. The van der Waals surface area contributed by atoms with Gasteiger partial charge in [0.25, 0.3) is 0 Å². The Morgan fingerprint density at radius 1 is 1.29 bits per heavy atom. The fourth-order valence-corrected chi connectivity index (χ4v) is 1.66. The van der Waals surface area contributed by atoms with Crippen LogP contribution in [-0.2, 0) is 4.79 Å². The van der Waals surface area contributed by atoms with Crippen molar-refractivity contribution in [3.63, 3.8) is 0 Å². The Labute approximate surface area is 103 Å². The molecular weight excluding hydrogens is 214 g/mol. The third kappa shape index (κ3) is 4.47. The maximum absolute atomic E-state index is 10.7. The summed E-state index contributed by atoms with van der Waals surface area (Å²) in [6.45, 7) is 8.71. The summed E-state index contributed by atoms with van der Waals surface area (Å²) in [5.74, 6) is -0.753. The molecule has 0 unspecified atom stereocenters. The van der Waals surface area contributed by atoms with Gasteiger partial charge in [-0.05, 0) is 42.5 Å². The molecule has 2 N–H and O–H groups in total. The molecule has 0 fully saturated rings. The van der Waals surface area contributed by atoms with Gasteiger partial charge in [0.2, 0.25) is 0 Å². The van der Waals surface area contributed by atoms with Gasteiger partial charge in [-0.25, -0.2) is 0 Å². The summed E-state index contributed by atoms with van der Waals surface area (Å²) < 4.78 is 0. The minimum Gasteiger partial charge on any atom is -0.481 e. The Morgan fingerprint density at radius 2 is 1.94 bits per heavy atom. The summed E-state index contributed by atoms with van der Waals surface area (Å²) in [6, 6.07) is 6.19. The van der Waals surface area contributed by atoms with E-state index in [-0.39, 0.29) is 11.8 Å². The third-order valence-corrected chi connectivity index (χ3v) is 2.91. The van der Waals surface area contributed by atoms with Crippen molar-refractivity contribution >= 4 is 11.7 Å². The Bertz CT molecular complexity index is 411. The first-order valence-electron chi connectivity index (χ1n) is 5.83. The molecule has 0 aromatic heterocycles. The molecule has 0 aliphatic rings. The van der Waals surface area contributed by atoms with Gasteiger partial charge < -0.3 is 10.4 Å². The molecule has 0 amide bonds. The number of carbonyl (C=O) groups is 1. The number of hydrogen-bond donors (Lipinski definition) is 2. The van der Waals surface area contributed by atoms with E-state index in [1.165, 1.54) is 11.1 Å². The molecule has 17 heavy (non-hydrogen) atoms. The largest absolute Gasteiger partial charge is 0.481 e. The van der Waals surface area contributed by atoms with E-state index in [1.54, 1.807) is 0 Å². The highest BCUT2D eigenvalue weighted by molar-refractivity contribution is 5.67. The van der Waals surface area contributed by atoms with E-state index in [9.17, 15) is 4.79 Å². The number of aryl methyl sites for hydroxylation is 2. The molecule has 0 heterocycles. The average molecular weight is 235 g/mol. The number of hydrogen-bond acceptors (Lipinski definition) is 2. The highest BCUT2D eigenvalue weighted by atomic mass is 16.4. The van der Waals surface area contributed by atoms with Crippen LogP contribution in [0.1, 0.15) is 31.4 Å². The normalized spacial score (nSPS) is 11.3. The van der Waals surface area contributed by atoms with E-state index in [0.717, 1.165) is 5.69 Å². The summed E-state index contributed by atoms with van der Waals surface area (Å²) in [5, 5.41) is 12.1. The summed E-state index contributed by atoms with van der Waals surface area (Å²) in [4.78, 5) is 10.7. The second-order valence-electron chi connectivity index (χ2n) is 5.39. The smallest absolute Gasteiger partial charge is 0.303 e. The third-order valence-electron chi connectivity index (χ3n) is 2.91. The van der Waals surface area contributed by atoms with Gasteiger partial charge in [0, 0.05) is 12.2 Å². The second kappa shape index (κ2) is 5.21. The van der Waals surface area contributed by atoms with Crippen LogP contribution in [0.3, 0.4) is 0 Å². The first kappa shape index (κ1) is 13.6. The number of anilines is 1. The van der Waals surface area contributed by atoms with Crippen LogP contribution in [0.25, 0.3) is 0 Å². The van der Waals surface area contributed by atoms with Crippen LogP contribution in [0.15, 0.2) is 18.2 Å². The maximum Gasteiger partial charge on any atom is 0.303 e. The summed E-state index contributed by atoms with van der Waals surface area (Å²) in [7, 11) is 0. The molecule has 94 valence electrons. The second-order valence-corrected chi connectivity index (χ2v) is 5.39. The van der Waals surface area contributed by atoms with Crippen molar-refractivity contribution in [1.82, 2.24) is 0 Å². The van der Waals surface area contributed by atoms with E-state index >= 15 is 0 Å². The van der Waals surface area contributed by atoms with Crippen LogP contribution in [-0.4, -0.2) is 17.6 Å². The molecule has 0 atom stereocenters. The number of carboxylic acids is 1. The van der Waals surface area contributed by atoms with Crippen LogP contribution < -0.4 is 5.32 Å². The van der Waals surface area contributed by atoms with Crippen molar-refractivity contribution in [3.8, 4) is 0 Å². The lowest BCUT2D eigenvalue weighted by Gasteiger charge is -2.23. The van der Waals surface area contributed by atoms with Gasteiger partial charge in [0.15, 0.2) is 0 Å². The van der Waals surface area contributed by atoms with Gasteiger partial charge >= 0.3 is 5.97 Å². The Morgan fingerprint density at radius 3 is 2.47 bits per heavy atom. The van der Waals surface area contributed by atoms with E-state index in [4.69, 9.17) is 5.11 Å². The zero-order chi connectivity index (χ0) is 13.1. The molecule has 3 heteroatoms. The quantitative estimate of drug-likeness (QED) is 0.823. The molecule has 0 saturated carbocycles. The summed E-state index contributed by atoms with van der Waals surface area (Å²) in [6.07, 6.45) is 0.171. The molecule has 3 nitrogen and oxygen atoms in total. The van der Waals surface area contributed by atoms with Crippen molar-refractivity contribution in [2.75, 3.05) is 11.9 Å². The fraction of sp³-hybridized carbons (Fsp3) is 0.500. The number of aliphatic carboxylic acids is 1. The maximum atomic E-state index is 10.7. The molecule has 0 aliphatic heterocycles. The molecule has 0 bridgehead atoms. The lowest BCUT2D eigenvalue weighted by atomic mass is 9.89. The SMILES string of the molecule is Cc1ccc(NCC(C)(C)CC(=O)O)cc1C. The standard InChI is InChI=1S/C14H21NO2/c1-10-5-6-12(7-11(10)2)15-9-14(3,4)8-13(16)17/h5-7,15H,8-9H2,1-4H3,(H,16,17). The highest BCUT2D eigenvalue weighted by Crippen LogP contribution is 2.22. The lowest BCUT2D eigenvalue weighted by Crippen LogP contribution is -2.26. The van der Waals surface area contributed by atoms with Crippen molar-refractivity contribution < 1.29 is 9.90 Å². The minimum atomic E-state index is -0.753. The molecule has 1 aromatic carbocycles. The van der Waals surface area contributed by atoms with Crippen LogP contribution in [0, 0.1) is 19.3 Å². The zero-order valence-electron chi connectivity index (χ0n) is 11.0. The van der Waals surface area contributed by atoms with Gasteiger partial charge in [0.1, 0.15) is 0 Å². The zero-order valence-corrected chi connectivity index (χ0v) is 11.0. The van der Waals surface area contributed by atoms with Crippen molar-refractivity contribution in [2.45, 2.75) is 34.1 Å². The Kier molecular flexibility index (Phi) is 4.16. The molecule has 0 saturated heterocycles. The van der Waals surface area contributed by atoms with Crippen LogP contribution >= 0.6 is 0 Å². The molecule has 1 aromatic rings. The van der Waals surface area contributed by atoms with Crippen LogP contribution in [0.4, 0.5) is 5.69 Å². The van der Waals surface area contributed by atoms with Gasteiger partial charge in [0.05, 0.1) is 6.42 Å². The number of benzene rings is 1. The Hall–Kier alpha value is -1.51. The van der Waals surface area contributed by atoms with Crippen LogP contribution in [0.2, 0.25) is 0 Å². The first-order valence-corrected chi connectivity index (χ1v) is 5.83. The predicted molar refractivity (Wildman–Crippen MR) is 70.4 cm³/mol. The van der Waals surface area contributed by atoms with E-state index in [0.29, 0.717) is 6.54 Å². The monoisotopic (exact) mass is 235 g/mol. The van der Waals surface area contributed by atoms with Gasteiger partial charge in [-0.1, -0.05) is 19.9 Å². The van der Waals surface area contributed by atoms with Crippen molar-refractivity contribution in [2.24, 2.45) is 5.41 Å². The highest BCUT2D eigenvalue weighted by Gasteiger charge is 2.21. The minimum absolute atomic E-state index is 0.171. The number of nitrogens with one attached hydrogen (secondary N) is 1. The fourth-order valence-electron chi connectivity index (χ4n) is 1.66. The molecule has 0 radical (unpaired) electrons. The van der Waals surface area contributed by atoms with Crippen LogP contribution in [0.5, 0.6) is 0 Å². The number of carboxylic acid groups (broad SMARTS) is 1. The van der Waals surface area contributed by atoms with E-state index in [2.05, 4.69) is 31.3 Å². The van der Waals surface area contributed by atoms with Gasteiger partial charge in [-0.15, -0.1) is 0 Å². The topological polar surface area (TPSA) is 49.3 Å². The van der Waals surface area contributed by atoms with Crippen molar-refractivity contribution in [3.05, 3.63) is 29.3 Å². The van der Waals surface area contributed by atoms with Gasteiger partial charge in [-0.2, -0.15) is 0 Å². The molecule has 0 spiro atoms. The predicted octanol–water partition coefficient (Wildman–Crippen LogP) is 3.22. The number of rotatable bonds is 5. The first-order chi connectivity index (χ1) is 7.80. The van der Waals surface area contributed by atoms with Gasteiger partial charge in [-0.3, -0.25) is 4.79 Å². The molecule has 1 rings (SSSR count). The average Bonchev–Trinajstić information content (AvgIpc) is 2.18. The molecule has 0 aliphatic carbocycles. The van der Waals surface area contributed by atoms with E-state index in [1.807, 2.05) is 19.9 Å². The molecular formula is C14H21NO2. The van der Waals surface area contributed by atoms with Crippen molar-refractivity contribution in [1.29, 1.82) is 0 Å². The van der Waals surface area contributed by atoms with E-state index < -0.39 is 5.97 Å². The lowest BCUT2D eigenvalue weighted by molar-refractivity contribution is -0.139.